The first-order valence-electron chi connectivity index (χ1n) is 6.00. The van der Waals surface area contributed by atoms with Gasteiger partial charge in [-0.2, -0.15) is 18.4 Å². The monoisotopic (exact) mass is 292 g/mol. The van der Waals surface area contributed by atoms with Crippen molar-refractivity contribution in [2.45, 2.75) is 20.0 Å². The highest BCUT2D eigenvalue weighted by Crippen LogP contribution is 2.29. The quantitative estimate of drug-likeness (QED) is 0.916. The Morgan fingerprint density at radius 1 is 1.24 bits per heavy atom. The summed E-state index contributed by atoms with van der Waals surface area (Å²) in [5.41, 5.74) is 1.50. The van der Waals surface area contributed by atoms with E-state index in [1.807, 2.05) is 6.07 Å². The van der Waals surface area contributed by atoms with Crippen LogP contribution in [0, 0.1) is 25.2 Å². The number of hydrogen-bond acceptors (Lipinski definition) is 4. The van der Waals surface area contributed by atoms with Gasteiger partial charge in [-0.15, -0.1) is 0 Å². The number of aryl methyl sites for hydroxylation is 2. The number of nitrogens with one attached hydrogen (secondary N) is 1. The lowest BCUT2D eigenvalue weighted by atomic mass is 10.1. The van der Waals surface area contributed by atoms with E-state index < -0.39 is 11.9 Å². The molecule has 0 aliphatic heterocycles. The van der Waals surface area contributed by atoms with Gasteiger partial charge in [-0.1, -0.05) is 0 Å². The van der Waals surface area contributed by atoms with Crippen molar-refractivity contribution in [3.63, 3.8) is 0 Å². The van der Waals surface area contributed by atoms with Crippen LogP contribution in [0.3, 0.4) is 0 Å². The Morgan fingerprint density at radius 2 is 1.95 bits per heavy atom. The van der Waals surface area contributed by atoms with Gasteiger partial charge >= 0.3 is 6.18 Å². The second-order valence-electron chi connectivity index (χ2n) is 4.44. The van der Waals surface area contributed by atoms with Gasteiger partial charge in [0.1, 0.15) is 11.8 Å². The molecule has 0 spiro atoms. The van der Waals surface area contributed by atoms with Gasteiger partial charge in [-0.3, -0.25) is 4.98 Å². The summed E-state index contributed by atoms with van der Waals surface area (Å²) in [6.07, 6.45) is -3.39. The normalized spacial score (nSPS) is 11.0. The van der Waals surface area contributed by atoms with Crippen molar-refractivity contribution in [1.82, 2.24) is 9.97 Å². The molecule has 0 unspecified atom stereocenters. The van der Waals surface area contributed by atoms with Crippen LogP contribution in [0.2, 0.25) is 0 Å². The lowest BCUT2D eigenvalue weighted by molar-refractivity contribution is -0.141. The minimum Gasteiger partial charge on any atom is -0.353 e. The number of hydrogen-bond donors (Lipinski definition) is 1. The minimum absolute atomic E-state index is 0.348. The van der Waals surface area contributed by atoms with E-state index in [1.54, 1.807) is 19.9 Å². The highest BCUT2D eigenvalue weighted by atomic mass is 19.4. The Hall–Kier alpha value is -2.62. The molecule has 2 heterocycles. The van der Waals surface area contributed by atoms with Crippen LogP contribution >= 0.6 is 0 Å². The van der Waals surface area contributed by atoms with Gasteiger partial charge < -0.3 is 5.32 Å². The van der Waals surface area contributed by atoms with E-state index in [9.17, 15) is 13.2 Å². The van der Waals surface area contributed by atoms with Gasteiger partial charge in [0.15, 0.2) is 0 Å². The van der Waals surface area contributed by atoms with E-state index in [0.717, 1.165) is 12.3 Å². The van der Waals surface area contributed by atoms with Crippen molar-refractivity contribution in [2.24, 2.45) is 0 Å². The molecule has 0 aliphatic carbocycles. The van der Waals surface area contributed by atoms with Gasteiger partial charge in [0.2, 0.25) is 0 Å². The number of pyridine rings is 2. The van der Waals surface area contributed by atoms with Crippen LogP contribution in [0.5, 0.6) is 0 Å². The fourth-order valence-electron chi connectivity index (χ4n) is 1.86. The standard InChI is InChI=1S/C14H11F3N4/c1-8-5-12(11(6-18)9(2)20-8)21-10-3-4-13(19-7-10)14(15,16)17/h3-5,7H,1-2H3,(H,20,21). The first-order chi connectivity index (χ1) is 9.81. The molecule has 0 aromatic carbocycles. The lowest BCUT2D eigenvalue weighted by Crippen LogP contribution is -2.07. The molecule has 0 radical (unpaired) electrons. The third-order valence-electron chi connectivity index (χ3n) is 2.77. The Kier molecular flexibility index (Phi) is 3.80. The molecular weight excluding hydrogens is 281 g/mol. The van der Waals surface area contributed by atoms with E-state index in [-0.39, 0.29) is 0 Å². The van der Waals surface area contributed by atoms with E-state index in [2.05, 4.69) is 15.3 Å². The zero-order chi connectivity index (χ0) is 15.6. The Balaban J connectivity index is 2.33. The second kappa shape index (κ2) is 5.40. The third-order valence-corrected chi connectivity index (χ3v) is 2.77. The van der Waals surface area contributed by atoms with Crippen LogP contribution in [-0.2, 0) is 6.18 Å². The smallest absolute Gasteiger partial charge is 0.353 e. The molecule has 2 aromatic rings. The fourth-order valence-corrected chi connectivity index (χ4v) is 1.86. The summed E-state index contributed by atoms with van der Waals surface area (Å²) in [7, 11) is 0. The molecule has 4 nitrogen and oxygen atoms in total. The van der Waals surface area contributed by atoms with Crippen LogP contribution < -0.4 is 5.32 Å². The average molecular weight is 292 g/mol. The number of nitriles is 1. The summed E-state index contributed by atoms with van der Waals surface area (Å²) < 4.78 is 37.3. The molecular formula is C14H11F3N4. The van der Waals surface area contributed by atoms with Crippen LogP contribution in [0.25, 0.3) is 0 Å². The predicted molar refractivity (Wildman–Crippen MR) is 70.9 cm³/mol. The van der Waals surface area contributed by atoms with Crippen molar-refractivity contribution < 1.29 is 13.2 Å². The maximum Gasteiger partial charge on any atom is 0.433 e. The maximum absolute atomic E-state index is 12.4. The molecule has 0 atom stereocenters. The lowest BCUT2D eigenvalue weighted by Gasteiger charge is -2.11. The molecule has 0 saturated carbocycles. The number of aromatic nitrogens is 2. The van der Waals surface area contributed by atoms with Crippen LogP contribution in [0.15, 0.2) is 24.4 Å². The number of rotatable bonds is 2. The molecule has 0 bridgehead atoms. The molecule has 7 heteroatoms. The molecule has 21 heavy (non-hydrogen) atoms. The van der Waals surface area contributed by atoms with Gasteiger partial charge in [-0.05, 0) is 32.0 Å². The Morgan fingerprint density at radius 3 is 2.48 bits per heavy atom. The summed E-state index contributed by atoms with van der Waals surface area (Å²) in [5.74, 6) is 0. The highest BCUT2D eigenvalue weighted by molar-refractivity contribution is 5.67. The molecule has 2 aromatic heterocycles. The Bertz CT molecular complexity index is 700. The molecule has 0 fully saturated rings. The summed E-state index contributed by atoms with van der Waals surface area (Å²) in [4.78, 5) is 7.53. The first kappa shape index (κ1) is 14.8. The van der Waals surface area contributed by atoms with Crippen LogP contribution in [0.1, 0.15) is 22.6 Å². The Labute approximate surface area is 119 Å². The zero-order valence-corrected chi connectivity index (χ0v) is 11.3. The average Bonchev–Trinajstić information content (AvgIpc) is 2.38. The van der Waals surface area contributed by atoms with Gasteiger partial charge in [-0.25, -0.2) is 4.98 Å². The number of alkyl halides is 3. The third kappa shape index (κ3) is 3.28. The van der Waals surface area contributed by atoms with E-state index in [4.69, 9.17) is 5.26 Å². The van der Waals surface area contributed by atoms with E-state index in [0.29, 0.717) is 28.3 Å². The van der Waals surface area contributed by atoms with Crippen molar-refractivity contribution in [3.8, 4) is 6.07 Å². The number of anilines is 2. The molecule has 2 rings (SSSR count). The second-order valence-corrected chi connectivity index (χ2v) is 4.44. The maximum atomic E-state index is 12.4. The summed E-state index contributed by atoms with van der Waals surface area (Å²) in [6, 6.07) is 5.83. The van der Waals surface area contributed by atoms with Crippen molar-refractivity contribution in [2.75, 3.05) is 5.32 Å². The highest BCUT2D eigenvalue weighted by Gasteiger charge is 2.32. The van der Waals surface area contributed by atoms with Crippen molar-refractivity contribution >= 4 is 11.4 Å². The van der Waals surface area contributed by atoms with Crippen LogP contribution in [0.4, 0.5) is 24.5 Å². The van der Waals surface area contributed by atoms with Crippen molar-refractivity contribution in [1.29, 1.82) is 5.26 Å². The summed E-state index contributed by atoms with van der Waals surface area (Å²) in [6.45, 7) is 3.46. The van der Waals surface area contributed by atoms with Crippen LogP contribution in [-0.4, -0.2) is 9.97 Å². The SMILES string of the molecule is Cc1cc(Nc2ccc(C(F)(F)F)nc2)c(C#N)c(C)n1. The molecule has 0 aliphatic rings. The predicted octanol–water partition coefficient (Wildman–Crippen LogP) is 3.73. The van der Waals surface area contributed by atoms with Gasteiger partial charge in [0, 0.05) is 5.69 Å². The molecule has 0 saturated heterocycles. The van der Waals surface area contributed by atoms with Crippen molar-refractivity contribution in [3.05, 3.63) is 47.0 Å². The van der Waals surface area contributed by atoms with Gasteiger partial charge in [0.05, 0.1) is 28.8 Å². The number of halogens is 3. The first-order valence-corrected chi connectivity index (χ1v) is 6.00. The fraction of sp³-hybridized carbons (Fsp3) is 0.214. The summed E-state index contributed by atoms with van der Waals surface area (Å²) >= 11 is 0. The van der Waals surface area contributed by atoms with E-state index >= 15 is 0 Å². The van der Waals surface area contributed by atoms with Gasteiger partial charge in [0.25, 0.3) is 0 Å². The topological polar surface area (TPSA) is 61.6 Å². The minimum atomic E-state index is -4.47. The largest absolute Gasteiger partial charge is 0.433 e. The molecule has 108 valence electrons. The number of nitrogens with zero attached hydrogens (tertiary/aromatic N) is 3. The molecule has 0 amide bonds. The molecule has 1 N–H and O–H groups in total. The van der Waals surface area contributed by atoms with E-state index in [1.165, 1.54) is 6.07 Å². The zero-order valence-electron chi connectivity index (χ0n) is 11.3. The summed E-state index contributed by atoms with van der Waals surface area (Å²) in [5, 5.41) is 12.0.